The first-order chi connectivity index (χ1) is 17.8. The number of benzene rings is 2. The van der Waals surface area contributed by atoms with Gasteiger partial charge in [0.25, 0.3) is 5.56 Å². The molecule has 0 amide bonds. The smallest absolute Gasteiger partial charge is 0.335 e. The molecule has 1 aromatic heterocycles. The molecule has 3 N–H and O–H groups in total. The molecule has 4 saturated carbocycles. The minimum absolute atomic E-state index is 0.115. The molecule has 4 aliphatic carbocycles. The van der Waals surface area contributed by atoms with E-state index in [9.17, 15) is 14.7 Å². The number of aromatic hydroxyl groups is 1. The fourth-order valence-electron chi connectivity index (χ4n) is 7.16. The molecule has 37 heavy (non-hydrogen) atoms. The molecule has 0 saturated heterocycles. The van der Waals surface area contributed by atoms with E-state index in [1.807, 2.05) is 36.4 Å². The Morgan fingerprint density at radius 3 is 2.35 bits per heavy atom. The van der Waals surface area contributed by atoms with E-state index in [2.05, 4.69) is 43.4 Å². The lowest BCUT2D eigenvalue weighted by atomic mass is 9.48. The van der Waals surface area contributed by atoms with Crippen molar-refractivity contribution < 1.29 is 5.11 Å². The minimum atomic E-state index is -0.744. The summed E-state index contributed by atoms with van der Waals surface area (Å²) < 4.78 is 1.78. The van der Waals surface area contributed by atoms with E-state index in [4.69, 9.17) is 12.2 Å². The molecule has 9 heteroatoms. The van der Waals surface area contributed by atoms with E-state index in [0.29, 0.717) is 10.2 Å². The Morgan fingerprint density at radius 1 is 1.08 bits per heavy atom. The summed E-state index contributed by atoms with van der Waals surface area (Å²) in [4.78, 5) is 31.7. The van der Waals surface area contributed by atoms with Crippen LogP contribution in [0.4, 0.5) is 5.69 Å². The van der Waals surface area contributed by atoms with Gasteiger partial charge in [0.2, 0.25) is 5.88 Å². The first kappa shape index (κ1) is 24.3. The van der Waals surface area contributed by atoms with Crippen molar-refractivity contribution >= 4 is 45.2 Å². The van der Waals surface area contributed by atoms with Gasteiger partial charge in [0.1, 0.15) is 5.56 Å². The molecule has 0 radical (unpaired) electrons. The predicted molar refractivity (Wildman–Crippen MR) is 152 cm³/mol. The van der Waals surface area contributed by atoms with Crippen LogP contribution < -0.4 is 16.6 Å². The van der Waals surface area contributed by atoms with Gasteiger partial charge in [-0.3, -0.25) is 9.78 Å². The normalized spacial score (nSPS) is 26.0. The van der Waals surface area contributed by atoms with Crippen LogP contribution in [-0.2, 0) is 5.41 Å². The van der Waals surface area contributed by atoms with Crippen molar-refractivity contribution in [3.63, 3.8) is 0 Å². The lowest BCUT2D eigenvalue weighted by Crippen LogP contribution is -2.48. The molecule has 2 aromatic carbocycles. The Balaban J connectivity index is 1.32. The quantitative estimate of drug-likeness (QED) is 0.289. The summed E-state index contributed by atoms with van der Waals surface area (Å²) in [5.41, 5.74) is 1.06. The first-order valence-corrected chi connectivity index (χ1v) is 13.8. The van der Waals surface area contributed by atoms with Crippen LogP contribution >= 0.6 is 28.1 Å². The molecule has 4 fully saturated rings. The first-order valence-electron chi connectivity index (χ1n) is 12.6. The van der Waals surface area contributed by atoms with Crippen molar-refractivity contribution in [2.75, 3.05) is 5.32 Å². The average molecular weight is 580 g/mol. The van der Waals surface area contributed by atoms with Crippen LogP contribution in [0.25, 0.3) is 5.69 Å². The maximum Gasteiger partial charge on any atom is 0.335 e. The van der Waals surface area contributed by atoms with Crippen LogP contribution in [-0.4, -0.2) is 26.0 Å². The van der Waals surface area contributed by atoms with Crippen LogP contribution in [0.3, 0.4) is 0 Å². The monoisotopic (exact) mass is 578 g/mol. The Hall–Kier alpha value is -3.04. The molecule has 1 heterocycles. The summed E-state index contributed by atoms with van der Waals surface area (Å²) in [5, 5.41) is 14.1. The third-order valence-corrected chi connectivity index (χ3v) is 9.14. The number of halogens is 1. The van der Waals surface area contributed by atoms with Crippen LogP contribution in [0.2, 0.25) is 0 Å². The highest BCUT2D eigenvalue weighted by molar-refractivity contribution is 9.10. The van der Waals surface area contributed by atoms with Crippen LogP contribution in [0, 0.1) is 17.8 Å². The molecule has 0 spiro atoms. The number of hydrogen-bond donors (Lipinski definition) is 3. The van der Waals surface area contributed by atoms with E-state index >= 15 is 0 Å². The molecule has 0 atom stereocenters. The predicted octanol–water partition coefficient (Wildman–Crippen LogP) is 5.28. The lowest BCUT2D eigenvalue weighted by molar-refractivity contribution is -0.00521. The molecular formula is C28H27BrN4O3S. The number of para-hydroxylation sites is 1. The van der Waals surface area contributed by atoms with Gasteiger partial charge in [-0.2, -0.15) is 0 Å². The maximum absolute atomic E-state index is 12.8. The van der Waals surface area contributed by atoms with Crippen LogP contribution in [0.5, 0.6) is 5.88 Å². The zero-order valence-corrected chi connectivity index (χ0v) is 22.5. The molecule has 3 aromatic rings. The third kappa shape index (κ3) is 4.48. The Morgan fingerprint density at radius 2 is 1.73 bits per heavy atom. The highest BCUT2D eigenvalue weighted by atomic mass is 79.9. The van der Waals surface area contributed by atoms with Crippen molar-refractivity contribution in [1.82, 2.24) is 9.55 Å². The Kier molecular flexibility index (Phi) is 6.15. The molecular weight excluding hydrogens is 552 g/mol. The van der Waals surface area contributed by atoms with Gasteiger partial charge >= 0.3 is 5.69 Å². The van der Waals surface area contributed by atoms with Crippen molar-refractivity contribution in [2.45, 2.75) is 43.9 Å². The van der Waals surface area contributed by atoms with Crippen LogP contribution in [0.15, 0.2) is 67.6 Å². The second-order valence-corrected chi connectivity index (χ2v) is 12.0. The lowest BCUT2D eigenvalue weighted by Gasteiger charge is -2.57. The van der Waals surface area contributed by atoms with Crippen LogP contribution in [0.1, 0.15) is 49.7 Å². The molecule has 4 aliphatic rings. The fraction of sp³-hybridized carbons (Fsp3) is 0.357. The standard InChI is InChI=1S/C28H27BrN4O3S/c29-22-11-19(28-12-16-8-17(13-28)10-18(9-16)14-28)6-7-23(22)33-25(35)21(24(34)32-27(33)36)15-30-26(37)31-20-4-2-1-3-5-20/h1-7,11,15-18,35H,8-10,12-14H2,(H,31,37)(H,32,34,36). The van der Waals surface area contributed by atoms with Gasteiger partial charge in [-0.1, -0.05) is 24.3 Å². The number of thiocarbonyl (C=S) groups is 1. The SMILES string of the molecule is O=c1[nH]c(=O)n(-c2ccc(C34CC5CC(CC(C5)C3)C4)cc2Br)c(O)c1C=NC(=S)Nc1ccccc1. The van der Waals surface area contributed by atoms with Crippen molar-refractivity contribution in [3.8, 4) is 11.6 Å². The molecule has 0 aliphatic heterocycles. The highest BCUT2D eigenvalue weighted by Gasteiger charge is 2.51. The average Bonchev–Trinajstić information content (AvgIpc) is 2.84. The van der Waals surface area contributed by atoms with Gasteiger partial charge < -0.3 is 10.4 Å². The summed E-state index contributed by atoms with van der Waals surface area (Å²) in [6, 6.07) is 15.3. The largest absolute Gasteiger partial charge is 0.493 e. The number of rotatable bonds is 4. The number of aromatic nitrogens is 2. The molecule has 7 rings (SSSR count). The Bertz CT molecular complexity index is 1490. The van der Waals surface area contributed by atoms with Crippen molar-refractivity contribution in [3.05, 3.63) is 85.0 Å². The summed E-state index contributed by atoms with van der Waals surface area (Å²) in [7, 11) is 0. The number of aromatic amines is 1. The zero-order valence-electron chi connectivity index (χ0n) is 20.1. The number of hydrogen-bond acceptors (Lipinski definition) is 4. The van der Waals surface area contributed by atoms with Gasteiger partial charge in [-0.15, -0.1) is 0 Å². The highest BCUT2D eigenvalue weighted by Crippen LogP contribution is 2.60. The summed E-state index contributed by atoms with van der Waals surface area (Å²) >= 11 is 8.88. The van der Waals surface area contributed by atoms with Gasteiger partial charge in [-0.05, 0) is 120 Å². The summed E-state index contributed by atoms with van der Waals surface area (Å²) in [6.07, 6.45) is 8.96. The molecule has 190 valence electrons. The van der Waals surface area contributed by atoms with Crippen molar-refractivity contribution in [2.24, 2.45) is 22.7 Å². The van der Waals surface area contributed by atoms with E-state index in [-0.39, 0.29) is 16.1 Å². The Labute approximate surface area is 227 Å². The van der Waals surface area contributed by atoms with Gasteiger partial charge in [0, 0.05) is 16.4 Å². The summed E-state index contributed by atoms with van der Waals surface area (Å²) in [5.74, 6) is 1.96. The van der Waals surface area contributed by atoms with E-state index in [1.165, 1.54) is 50.3 Å². The zero-order chi connectivity index (χ0) is 25.7. The number of nitrogens with zero attached hydrogens (tertiary/aromatic N) is 2. The molecule has 0 unspecified atom stereocenters. The third-order valence-electron chi connectivity index (χ3n) is 8.30. The maximum atomic E-state index is 12.8. The van der Waals surface area contributed by atoms with Gasteiger partial charge in [-0.25, -0.2) is 14.4 Å². The topological polar surface area (TPSA) is 99.5 Å². The second-order valence-electron chi connectivity index (χ2n) is 10.8. The number of H-pyrrole nitrogens is 1. The van der Waals surface area contributed by atoms with E-state index in [0.717, 1.165) is 28.0 Å². The number of nitrogens with one attached hydrogen (secondary N) is 2. The number of aliphatic imine (C=N–C) groups is 1. The minimum Gasteiger partial charge on any atom is -0.493 e. The van der Waals surface area contributed by atoms with E-state index in [1.54, 1.807) is 0 Å². The number of anilines is 1. The molecule has 7 nitrogen and oxygen atoms in total. The fourth-order valence-corrected chi connectivity index (χ4v) is 7.89. The second kappa shape index (κ2) is 9.36. The van der Waals surface area contributed by atoms with Crippen molar-refractivity contribution in [1.29, 1.82) is 0 Å². The van der Waals surface area contributed by atoms with E-state index < -0.39 is 17.1 Å². The molecule has 4 bridgehead atoms. The van der Waals surface area contributed by atoms with Gasteiger partial charge in [0.05, 0.1) is 5.69 Å². The van der Waals surface area contributed by atoms with Gasteiger partial charge in [0.15, 0.2) is 5.11 Å². The summed E-state index contributed by atoms with van der Waals surface area (Å²) in [6.45, 7) is 0.